The van der Waals surface area contributed by atoms with E-state index in [1.54, 1.807) is 0 Å². The third-order valence-corrected chi connectivity index (χ3v) is 3.84. The number of rotatable bonds is 3. The van der Waals surface area contributed by atoms with Crippen molar-refractivity contribution in [3.63, 3.8) is 0 Å². The van der Waals surface area contributed by atoms with Crippen LogP contribution in [0.2, 0.25) is 0 Å². The van der Waals surface area contributed by atoms with Crippen LogP contribution in [0.25, 0.3) is 0 Å². The first-order valence-corrected chi connectivity index (χ1v) is 6.87. The van der Waals surface area contributed by atoms with Crippen molar-refractivity contribution in [1.82, 2.24) is 14.9 Å². The minimum Gasteiger partial charge on any atom is -0.353 e. The van der Waals surface area contributed by atoms with E-state index in [9.17, 15) is 0 Å². The van der Waals surface area contributed by atoms with Crippen LogP contribution in [0.3, 0.4) is 0 Å². The quantitative estimate of drug-likeness (QED) is 0.624. The fourth-order valence-corrected chi connectivity index (χ4v) is 2.72. The molecular formula is C13H24N6. The Balaban J connectivity index is 2.25. The molecular weight excluding hydrogens is 240 g/mol. The van der Waals surface area contributed by atoms with Gasteiger partial charge < -0.3 is 10.3 Å². The van der Waals surface area contributed by atoms with Crippen molar-refractivity contribution in [2.45, 2.75) is 33.7 Å². The molecule has 1 aliphatic rings. The summed E-state index contributed by atoms with van der Waals surface area (Å²) in [5.41, 5.74) is 3.68. The van der Waals surface area contributed by atoms with Crippen LogP contribution in [0.1, 0.15) is 25.2 Å². The van der Waals surface area contributed by atoms with E-state index in [-0.39, 0.29) is 0 Å². The van der Waals surface area contributed by atoms with E-state index in [0.717, 1.165) is 43.4 Å². The van der Waals surface area contributed by atoms with Crippen LogP contribution in [0.4, 0.5) is 11.6 Å². The molecule has 0 aliphatic carbocycles. The minimum absolute atomic E-state index is 0.544. The molecule has 1 atom stereocenters. The zero-order chi connectivity index (χ0) is 14.0. The molecule has 1 aromatic rings. The first-order valence-electron chi connectivity index (χ1n) is 6.87. The van der Waals surface area contributed by atoms with E-state index < -0.39 is 0 Å². The van der Waals surface area contributed by atoms with Crippen LogP contribution in [0.15, 0.2) is 0 Å². The summed E-state index contributed by atoms with van der Waals surface area (Å²) in [5, 5.41) is 0. The Morgan fingerprint density at radius 1 is 1.32 bits per heavy atom. The van der Waals surface area contributed by atoms with Gasteiger partial charge >= 0.3 is 0 Å². The monoisotopic (exact) mass is 264 g/mol. The number of nitrogens with zero attached hydrogens (tertiary/aromatic N) is 4. The summed E-state index contributed by atoms with van der Waals surface area (Å²) in [5.74, 6) is 7.99. The van der Waals surface area contributed by atoms with E-state index >= 15 is 0 Å². The molecule has 2 heterocycles. The topological polar surface area (TPSA) is 70.3 Å². The predicted octanol–water partition coefficient (Wildman–Crippen LogP) is 0.909. The summed E-state index contributed by atoms with van der Waals surface area (Å²) in [6, 6.07) is 0.544. The highest BCUT2D eigenvalue weighted by Crippen LogP contribution is 2.25. The van der Waals surface area contributed by atoms with Crippen molar-refractivity contribution in [2.24, 2.45) is 5.84 Å². The molecule has 1 fully saturated rings. The summed E-state index contributed by atoms with van der Waals surface area (Å²) in [6.45, 7) is 12.6. The second kappa shape index (κ2) is 5.71. The third-order valence-electron chi connectivity index (χ3n) is 3.84. The zero-order valence-corrected chi connectivity index (χ0v) is 12.3. The molecule has 1 saturated heterocycles. The second-order valence-electron chi connectivity index (χ2n) is 5.14. The molecule has 2 rings (SSSR count). The average molecular weight is 264 g/mol. The fraction of sp³-hybridized carbons (Fsp3) is 0.692. The lowest BCUT2D eigenvalue weighted by molar-refractivity contribution is 0.199. The molecule has 3 N–H and O–H groups in total. The van der Waals surface area contributed by atoms with Gasteiger partial charge in [-0.3, -0.25) is 4.90 Å². The maximum Gasteiger partial charge on any atom is 0.148 e. The van der Waals surface area contributed by atoms with Gasteiger partial charge in [0.1, 0.15) is 17.5 Å². The Kier molecular flexibility index (Phi) is 4.21. The average Bonchev–Trinajstić information content (AvgIpc) is 2.40. The van der Waals surface area contributed by atoms with Gasteiger partial charge in [-0.1, -0.05) is 6.92 Å². The Labute approximate surface area is 115 Å². The maximum atomic E-state index is 5.52. The Bertz CT molecular complexity index is 447. The molecule has 1 aliphatic heterocycles. The lowest BCUT2D eigenvalue weighted by Gasteiger charge is -2.40. The predicted molar refractivity (Wildman–Crippen MR) is 78.2 cm³/mol. The molecule has 0 aromatic carbocycles. The van der Waals surface area contributed by atoms with Gasteiger partial charge in [-0.15, -0.1) is 0 Å². The third kappa shape index (κ3) is 2.79. The number of hydrogen-bond donors (Lipinski definition) is 2. The van der Waals surface area contributed by atoms with Gasteiger partial charge in [0.15, 0.2) is 0 Å². The number of piperazine rings is 1. The van der Waals surface area contributed by atoms with Crippen LogP contribution in [0.5, 0.6) is 0 Å². The van der Waals surface area contributed by atoms with Crippen molar-refractivity contribution in [1.29, 1.82) is 0 Å². The Morgan fingerprint density at radius 3 is 2.63 bits per heavy atom. The standard InChI is InChI=1S/C13H24N6/c1-5-18-6-7-19(8-9(18)2)13-10(3)12(17-14)15-11(4)16-13/h9H,5-8,14H2,1-4H3,(H,15,16,17). The highest BCUT2D eigenvalue weighted by atomic mass is 15.3. The van der Waals surface area contributed by atoms with Gasteiger partial charge in [0.2, 0.25) is 0 Å². The minimum atomic E-state index is 0.544. The Hall–Kier alpha value is -1.40. The van der Waals surface area contributed by atoms with E-state index in [1.165, 1.54) is 0 Å². The van der Waals surface area contributed by atoms with Crippen molar-refractivity contribution >= 4 is 11.6 Å². The molecule has 0 amide bonds. The van der Waals surface area contributed by atoms with Crippen LogP contribution in [-0.2, 0) is 0 Å². The largest absolute Gasteiger partial charge is 0.353 e. The van der Waals surface area contributed by atoms with E-state index in [4.69, 9.17) is 5.84 Å². The van der Waals surface area contributed by atoms with E-state index in [0.29, 0.717) is 11.9 Å². The van der Waals surface area contributed by atoms with Crippen molar-refractivity contribution < 1.29 is 0 Å². The SMILES string of the molecule is CCN1CCN(c2nc(C)nc(NN)c2C)CC1C. The maximum absolute atomic E-state index is 5.52. The molecule has 0 saturated carbocycles. The molecule has 1 unspecified atom stereocenters. The lowest BCUT2D eigenvalue weighted by Crippen LogP contribution is -2.52. The number of hydrazine groups is 1. The number of aryl methyl sites for hydroxylation is 1. The first kappa shape index (κ1) is 14.0. The summed E-state index contributed by atoms with van der Waals surface area (Å²) in [6.07, 6.45) is 0. The summed E-state index contributed by atoms with van der Waals surface area (Å²) < 4.78 is 0. The highest BCUT2D eigenvalue weighted by molar-refractivity contribution is 5.58. The number of nitrogen functional groups attached to an aromatic ring is 1. The van der Waals surface area contributed by atoms with Gasteiger partial charge in [-0.25, -0.2) is 15.8 Å². The first-order chi connectivity index (χ1) is 9.06. The summed E-state index contributed by atoms with van der Waals surface area (Å²) in [4.78, 5) is 13.7. The highest BCUT2D eigenvalue weighted by Gasteiger charge is 2.25. The van der Waals surface area contributed by atoms with Gasteiger partial charge in [-0.05, 0) is 27.3 Å². The lowest BCUT2D eigenvalue weighted by atomic mass is 10.1. The molecule has 0 radical (unpaired) electrons. The van der Waals surface area contributed by atoms with Gasteiger partial charge in [-0.2, -0.15) is 0 Å². The molecule has 0 spiro atoms. The molecule has 6 heteroatoms. The van der Waals surface area contributed by atoms with Crippen LogP contribution in [-0.4, -0.2) is 47.1 Å². The van der Waals surface area contributed by atoms with Crippen LogP contribution >= 0.6 is 0 Å². The number of nitrogens with two attached hydrogens (primary N) is 1. The van der Waals surface area contributed by atoms with Crippen molar-refractivity contribution in [2.75, 3.05) is 36.5 Å². The van der Waals surface area contributed by atoms with Crippen LogP contribution in [0, 0.1) is 13.8 Å². The number of nitrogens with one attached hydrogen (secondary N) is 1. The molecule has 1 aromatic heterocycles. The number of likely N-dealkylation sites (N-methyl/N-ethyl adjacent to an activating group) is 1. The Morgan fingerprint density at radius 2 is 2.05 bits per heavy atom. The molecule has 19 heavy (non-hydrogen) atoms. The van der Waals surface area contributed by atoms with E-state index in [2.05, 4.69) is 39.0 Å². The van der Waals surface area contributed by atoms with E-state index in [1.807, 2.05) is 13.8 Å². The van der Waals surface area contributed by atoms with Gasteiger partial charge in [0, 0.05) is 31.2 Å². The normalized spacial score (nSPS) is 20.7. The smallest absolute Gasteiger partial charge is 0.148 e. The van der Waals surface area contributed by atoms with Crippen LogP contribution < -0.4 is 16.2 Å². The summed E-state index contributed by atoms with van der Waals surface area (Å²) >= 11 is 0. The van der Waals surface area contributed by atoms with Crippen molar-refractivity contribution in [3.05, 3.63) is 11.4 Å². The molecule has 6 nitrogen and oxygen atoms in total. The zero-order valence-electron chi connectivity index (χ0n) is 12.3. The molecule has 106 valence electrons. The number of anilines is 2. The second-order valence-corrected chi connectivity index (χ2v) is 5.14. The summed E-state index contributed by atoms with van der Waals surface area (Å²) in [7, 11) is 0. The molecule has 0 bridgehead atoms. The van der Waals surface area contributed by atoms with Gasteiger partial charge in [0.05, 0.1) is 0 Å². The fourth-order valence-electron chi connectivity index (χ4n) is 2.72. The van der Waals surface area contributed by atoms with Crippen molar-refractivity contribution in [3.8, 4) is 0 Å². The van der Waals surface area contributed by atoms with Gasteiger partial charge in [0.25, 0.3) is 0 Å². The number of hydrogen-bond acceptors (Lipinski definition) is 6. The number of aromatic nitrogens is 2.